The van der Waals surface area contributed by atoms with E-state index in [9.17, 15) is 0 Å². The number of nitrogens with zero attached hydrogens (tertiary/aromatic N) is 1. The van der Waals surface area contributed by atoms with E-state index in [1.807, 2.05) is 30.3 Å². The van der Waals surface area contributed by atoms with E-state index in [4.69, 9.17) is 4.74 Å². The summed E-state index contributed by atoms with van der Waals surface area (Å²) < 4.78 is 5.36. The van der Waals surface area contributed by atoms with Crippen LogP contribution in [0.2, 0.25) is 0 Å². The van der Waals surface area contributed by atoms with Crippen LogP contribution in [0.1, 0.15) is 5.01 Å². The van der Waals surface area contributed by atoms with Gasteiger partial charge in [0, 0.05) is 30.5 Å². The summed E-state index contributed by atoms with van der Waals surface area (Å²) in [5.74, 6) is 0.865. The lowest BCUT2D eigenvalue weighted by atomic mass is 10.1. The van der Waals surface area contributed by atoms with Crippen molar-refractivity contribution in [3.63, 3.8) is 0 Å². The fourth-order valence-corrected chi connectivity index (χ4v) is 2.60. The highest BCUT2D eigenvalue weighted by molar-refractivity contribution is 7.09. The molecule has 1 heterocycles. The summed E-state index contributed by atoms with van der Waals surface area (Å²) in [4.78, 5) is 4.66. The van der Waals surface area contributed by atoms with Crippen molar-refractivity contribution >= 4 is 11.3 Å². The van der Waals surface area contributed by atoms with Crippen LogP contribution < -0.4 is 10.1 Å². The molecule has 2 aromatic rings. The number of aromatic nitrogens is 1. The molecule has 1 aromatic heterocycles. The SMILES string of the molecule is C=CCNCCc1nc(-c2ccccc2OC)cs1. The number of ether oxygens (including phenoxy) is 1. The Hall–Kier alpha value is -1.65. The highest BCUT2D eigenvalue weighted by Gasteiger charge is 2.08. The van der Waals surface area contributed by atoms with Crippen molar-refractivity contribution < 1.29 is 4.74 Å². The number of thiazole rings is 1. The van der Waals surface area contributed by atoms with Gasteiger partial charge in [0.25, 0.3) is 0 Å². The molecule has 19 heavy (non-hydrogen) atoms. The topological polar surface area (TPSA) is 34.2 Å². The summed E-state index contributed by atoms with van der Waals surface area (Å²) in [6.45, 7) is 5.44. The zero-order valence-electron chi connectivity index (χ0n) is 11.1. The molecular formula is C15H18N2OS. The van der Waals surface area contributed by atoms with E-state index in [0.29, 0.717) is 0 Å². The molecule has 0 saturated heterocycles. The molecule has 4 heteroatoms. The second-order valence-corrected chi connectivity index (χ2v) is 5.01. The number of methoxy groups -OCH3 is 1. The van der Waals surface area contributed by atoms with E-state index in [1.54, 1.807) is 18.4 Å². The Labute approximate surface area is 118 Å². The first kappa shape index (κ1) is 13.8. The molecule has 0 aliphatic carbocycles. The van der Waals surface area contributed by atoms with Crippen LogP contribution >= 0.6 is 11.3 Å². The lowest BCUT2D eigenvalue weighted by Crippen LogP contribution is -2.16. The quantitative estimate of drug-likeness (QED) is 0.622. The number of rotatable bonds is 7. The van der Waals surface area contributed by atoms with Crippen molar-refractivity contribution in [2.24, 2.45) is 0 Å². The van der Waals surface area contributed by atoms with Crippen LogP contribution in [0.15, 0.2) is 42.3 Å². The molecule has 0 aliphatic heterocycles. The van der Waals surface area contributed by atoms with E-state index >= 15 is 0 Å². The molecule has 2 rings (SSSR count). The van der Waals surface area contributed by atoms with E-state index < -0.39 is 0 Å². The van der Waals surface area contributed by atoms with E-state index in [-0.39, 0.29) is 0 Å². The lowest BCUT2D eigenvalue weighted by molar-refractivity contribution is 0.416. The molecule has 0 radical (unpaired) electrons. The van der Waals surface area contributed by atoms with Gasteiger partial charge in [-0.3, -0.25) is 0 Å². The van der Waals surface area contributed by atoms with Crippen molar-refractivity contribution in [3.8, 4) is 17.0 Å². The average molecular weight is 274 g/mol. The van der Waals surface area contributed by atoms with Gasteiger partial charge in [-0.15, -0.1) is 17.9 Å². The van der Waals surface area contributed by atoms with E-state index in [0.717, 1.165) is 41.5 Å². The molecular weight excluding hydrogens is 256 g/mol. The lowest BCUT2D eigenvalue weighted by Gasteiger charge is -2.04. The van der Waals surface area contributed by atoms with Crippen LogP contribution in [0.5, 0.6) is 5.75 Å². The van der Waals surface area contributed by atoms with Crippen LogP contribution in [0.3, 0.4) is 0 Å². The summed E-state index contributed by atoms with van der Waals surface area (Å²) in [5, 5.41) is 6.50. The fourth-order valence-electron chi connectivity index (χ4n) is 1.81. The largest absolute Gasteiger partial charge is 0.496 e. The van der Waals surface area contributed by atoms with Crippen molar-refractivity contribution in [1.82, 2.24) is 10.3 Å². The van der Waals surface area contributed by atoms with Gasteiger partial charge in [-0.1, -0.05) is 18.2 Å². The molecule has 0 bridgehead atoms. The molecule has 100 valence electrons. The van der Waals surface area contributed by atoms with Gasteiger partial charge >= 0.3 is 0 Å². The molecule has 0 amide bonds. The number of hydrogen-bond donors (Lipinski definition) is 1. The number of benzene rings is 1. The second-order valence-electron chi connectivity index (χ2n) is 4.07. The third kappa shape index (κ3) is 3.66. The zero-order valence-corrected chi connectivity index (χ0v) is 11.9. The molecule has 0 unspecified atom stereocenters. The molecule has 0 aliphatic rings. The Morgan fingerprint density at radius 1 is 1.42 bits per heavy atom. The first-order valence-corrected chi connectivity index (χ1v) is 7.12. The van der Waals surface area contributed by atoms with Crippen molar-refractivity contribution in [3.05, 3.63) is 47.3 Å². The molecule has 0 atom stereocenters. The van der Waals surface area contributed by atoms with Gasteiger partial charge in [0.05, 0.1) is 17.8 Å². The summed E-state index contributed by atoms with van der Waals surface area (Å²) in [7, 11) is 1.69. The highest BCUT2D eigenvalue weighted by Crippen LogP contribution is 2.30. The maximum Gasteiger partial charge on any atom is 0.128 e. The number of hydrogen-bond acceptors (Lipinski definition) is 4. The minimum Gasteiger partial charge on any atom is -0.496 e. The minimum absolute atomic E-state index is 0.838. The van der Waals surface area contributed by atoms with Gasteiger partial charge in [0.1, 0.15) is 5.75 Å². The normalized spacial score (nSPS) is 10.4. The minimum atomic E-state index is 0.838. The van der Waals surface area contributed by atoms with Crippen LogP contribution in [0, 0.1) is 0 Å². The smallest absolute Gasteiger partial charge is 0.128 e. The van der Waals surface area contributed by atoms with Gasteiger partial charge in [-0.05, 0) is 12.1 Å². The summed E-state index contributed by atoms with van der Waals surface area (Å²) in [6.07, 6.45) is 2.80. The first-order valence-electron chi connectivity index (χ1n) is 6.24. The number of para-hydroxylation sites is 1. The van der Waals surface area contributed by atoms with Crippen molar-refractivity contribution in [2.75, 3.05) is 20.2 Å². The Morgan fingerprint density at radius 2 is 2.26 bits per heavy atom. The summed E-state index contributed by atoms with van der Waals surface area (Å²) in [5.41, 5.74) is 2.03. The summed E-state index contributed by atoms with van der Waals surface area (Å²) in [6, 6.07) is 7.96. The molecule has 1 N–H and O–H groups in total. The first-order chi connectivity index (χ1) is 9.35. The predicted molar refractivity (Wildman–Crippen MR) is 80.9 cm³/mol. The Morgan fingerprint density at radius 3 is 3.05 bits per heavy atom. The van der Waals surface area contributed by atoms with Crippen molar-refractivity contribution in [2.45, 2.75) is 6.42 Å². The number of nitrogens with one attached hydrogen (secondary N) is 1. The predicted octanol–water partition coefficient (Wildman–Crippen LogP) is 3.14. The maximum atomic E-state index is 5.36. The molecule has 0 spiro atoms. The van der Waals surface area contributed by atoms with E-state index in [2.05, 4.69) is 22.3 Å². The van der Waals surface area contributed by atoms with Crippen LogP contribution in [-0.2, 0) is 6.42 Å². The Balaban J connectivity index is 2.05. The third-order valence-corrected chi connectivity index (χ3v) is 3.65. The molecule has 0 saturated carbocycles. The molecule has 3 nitrogen and oxygen atoms in total. The van der Waals surface area contributed by atoms with Gasteiger partial charge in [0.2, 0.25) is 0 Å². The van der Waals surface area contributed by atoms with Crippen LogP contribution in [-0.4, -0.2) is 25.2 Å². The Bertz CT molecular complexity index is 536. The second kappa shape index (κ2) is 7.07. The van der Waals surface area contributed by atoms with E-state index in [1.165, 1.54) is 0 Å². The highest BCUT2D eigenvalue weighted by atomic mass is 32.1. The van der Waals surface area contributed by atoms with Crippen LogP contribution in [0.4, 0.5) is 0 Å². The van der Waals surface area contributed by atoms with Gasteiger partial charge in [-0.2, -0.15) is 0 Å². The molecule has 1 aromatic carbocycles. The average Bonchev–Trinajstić information content (AvgIpc) is 2.92. The summed E-state index contributed by atoms with van der Waals surface area (Å²) >= 11 is 1.69. The van der Waals surface area contributed by atoms with Gasteiger partial charge in [-0.25, -0.2) is 4.98 Å². The zero-order chi connectivity index (χ0) is 13.5. The fraction of sp³-hybridized carbons (Fsp3) is 0.267. The monoisotopic (exact) mass is 274 g/mol. The van der Waals surface area contributed by atoms with Crippen LogP contribution in [0.25, 0.3) is 11.3 Å². The van der Waals surface area contributed by atoms with Gasteiger partial charge < -0.3 is 10.1 Å². The van der Waals surface area contributed by atoms with Gasteiger partial charge in [0.15, 0.2) is 0 Å². The Kier molecular flexibility index (Phi) is 5.12. The molecule has 0 fully saturated rings. The standard InChI is InChI=1S/C15H18N2OS/c1-3-9-16-10-8-15-17-13(11-19-15)12-6-4-5-7-14(12)18-2/h3-7,11,16H,1,8-10H2,2H3. The maximum absolute atomic E-state index is 5.36. The van der Waals surface area contributed by atoms with Crippen molar-refractivity contribution in [1.29, 1.82) is 0 Å². The third-order valence-electron chi connectivity index (χ3n) is 2.74.